The number of halogens is 1. The molecule has 3 saturated heterocycles. The summed E-state index contributed by atoms with van der Waals surface area (Å²) in [5, 5.41) is 66.2. The Kier molecular flexibility index (Phi) is 21.5. The lowest BCUT2D eigenvalue weighted by Gasteiger charge is -2.49. The van der Waals surface area contributed by atoms with Gasteiger partial charge in [0.2, 0.25) is 5.43 Å². The number of carboxylic acids is 1. The standard InChI is InChI=1S/C56H87ClN4O18/c1-15-41-56(10,70)48(65)30(4)44(59-72-14)28(2)25-54(8,69)49(79-53-46(64)40(60(11)12)22-29(3)74-53)31(5)47(32(6)52(68)76-41)78-43-26-55(9,71-13)50(33(7)75-43)77-42(62)18-20-73-21-19-58-38-23-35-39(24-37(38)57)61(34-16-17-34)27-36(45(35)63)51(66)67/h23-24,27-34,40-41,43,46-50,53,58,64-65,69-70H,15-22,25-26H2,1-14H3,(H,66,67)/b59-44+/t28-,29-,30+,31+,32-,33+,40+,41-,43+,46-,47+,48-,49-,50+,53+,54-,55-,56-/m1/s1. The smallest absolute Gasteiger partial charge is 0.341 e. The van der Waals surface area contributed by atoms with E-state index in [4.69, 9.17) is 54.3 Å². The van der Waals surface area contributed by atoms with E-state index in [0.29, 0.717) is 28.4 Å². The highest BCUT2D eigenvalue weighted by Crippen LogP contribution is 2.43. The van der Waals surface area contributed by atoms with E-state index in [1.165, 1.54) is 27.3 Å². The molecule has 1 aliphatic carbocycles. The number of esters is 2. The largest absolute Gasteiger partial charge is 0.477 e. The number of methoxy groups -OCH3 is 1. The van der Waals surface area contributed by atoms with Crippen molar-refractivity contribution in [2.75, 3.05) is 53.4 Å². The van der Waals surface area contributed by atoms with Crippen LogP contribution in [0.3, 0.4) is 0 Å². The molecular weight excluding hydrogens is 1050 g/mol. The molecule has 22 nitrogen and oxygen atoms in total. The maximum atomic E-state index is 14.6. The third kappa shape index (κ3) is 14.6. The van der Waals surface area contributed by atoms with E-state index in [-0.39, 0.29) is 74.6 Å². The van der Waals surface area contributed by atoms with E-state index in [2.05, 4.69) is 10.5 Å². The van der Waals surface area contributed by atoms with Crippen LogP contribution in [0, 0.1) is 23.7 Å². The number of aromatic nitrogens is 1. The number of aliphatic hydroxyl groups is 4. The molecule has 79 heavy (non-hydrogen) atoms. The van der Waals surface area contributed by atoms with Crippen LogP contribution in [0.15, 0.2) is 28.3 Å². The SMILES string of the molecule is CC[C@H]1OC(=O)[C@H](C)[C@@H](O[C@H]2C[C@@](C)(OC)[C@@H](OC(=O)CCOCCNc3cc4c(=O)c(C(=O)O)cn(C5CC5)c4cc3Cl)[C@H](C)O2)[C@H](C)[C@@H](O[C@@H]2O[C@H](C)C[C@H](N(C)C)[C@H]2O)[C@](C)(O)C[C@@H](C)/C(=N\OC)[C@H](C)[C@@H](O)[C@]1(C)O. The van der Waals surface area contributed by atoms with Crippen molar-refractivity contribution in [3.8, 4) is 0 Å². The number of carbonyl (C=O) groups excluding carboxylic acids is 2. The highest BCUT2D eigenvalue weighted by atomic mass is 35.5. The molecule has 3 aliphatic heterocycles. The highest BCUT2D eigenvalue weighted by molar-refractivity contribution is 6.34. The number of hydrogen-bond donors (Lipinski definition) is 6. The lowest BCUT2D eigenvalue weighted by molar-refractivity contribution is -0.318. The number of anilines is 1. The van der Waals surface area contributed by atoms with Crippen molar-refractivity contribution in [2.45, 2.75) is 204 Å². The van der Waals surface area contributed by atoms with Gasteiger partial charge in [0.15, 0.2) is 18.7 Å². The van der Waals surface area contributed by atoms with Crippen LogP contribution in [0.1, 0.15) is 131 Å². The number of ether oxygens (including phenoxy) is 8. The van der Waals surface area contributed by atoms with Gasteiger partial charge in [-0.3, -0.25) is 14.4 Å². The highest BCUT2D eigenvalue weighted by Gasteiger charge is 2.54. The van der Waals surface area contributed by atoms with Gasteiger partial charge in [-0.25, -0.2) is 4.79 Å². The summed E-state index contributed by atoms with van der Waals surface area (Å²) in [6, 6.07) is 2.93. The number of fused-ring (bicyclic) bond motifs is 1. The average molecular weight is 1140 g/mol. The number of nitrogens with one attached hydrogen (secondary N) is 1. The number of pyridine rings is 1. The molecule has 4 heterocycles. The van der Waals surface area contributed by atoms with Crippen molar-refractivity contribution in [3.63, 3.8) is 0 Å². The number of cyclic esters (lactones) is 1. The first-order chi connectivity index (χ1) is 37.0. The maximum absolute atomic E-state index is 14.6. The fourth-order valence-electron chi connectivity index (χ4n) is 11.9. The molecule has 4 aliphatic rings. The summed E-state index contributed by atoms with van der Waals surface area (Å²) >= 11 is 6.62. The van der Waals surface area contributed by atoms with E-state index in [1.807, 2.05) is 25.9 Å². The summed E-state index contributed by atoms with van der Waals surface area (Å²) in [5.74, 6) is -6.21. The Morgan fingerprint density at radius 2 is 1.63 bits per heavy atom. The van der Waals surface area contributed by atoms with Crippen molar-refractivity contribution >= 4 is 51.8 Å². The first-order valence-corrected chi connectivity index (χ1v) is 28.0. The molecule has 0 amide bonds. The fourth-order valence-corrected chi connectivity index (χ4v) is 12.2. The number of hydrogen-bond acceptors (Lipinski definition) is 20. The Morgan fingerprint density at radius 1 is 0.949 bits per heavy atom. The van der Waals surface area contributed by atoms with Crippen LogP contribution < -0.4 is 10.7 Å². The van der Waals surface area contributed by atoms with Crippen molar-refractivity contribution in [2.24, 2.45) is 28.8 Å². The summed E-state index contributed by atoms with van der Waals surface area (Å²) in [4.78, 5) is 60.2. The third-order valence-corrected chi connectivity index (χ3v) is 16.9. The fraction of sp³-hybridized carbons (Fsp3) is 0.768. The molecule has 6 N–H and O–H groups in total. The summed E-state index contributed by atoms with van der Waals surface area (Å²) < 4.78 is 52.2. The zero-order chi connectivity index (χ0) is 58.6. The number of nitrogens with zero attached hydrogens (tertiary/aromatic N) is 3. The van der Waals surface area contributed by atoms with Gasteiger partial charge in [-0.05, 0) is 99.9 Å². The predicted molar refractivity (Wildman–Crippen MR) is 292 cm³/mol. The number of benzene rings is 1. The van der Waals surface area contributed by atoms with E-state index < -0.39 is 119 Å². The molecule has 1 aromatic carbocycles. The van der Waals surface area contributed by atoms with E-state index in [1.54, 1.807) is 72.1 Å². The molecule has 4 fully saturated rings. The van der Waals surface area contributed by atoms with Gasteiger partial charge in [0.1, 0.15) is 36.1 Å². The summed E-state index contributed by atoms with van der Waals surface area (Å²) in [5.41, 5.74) is -4.63. The third-order valence-electron chi connectivity index (χ3n) is 16.6. The van der Waals surface area contributed by atoms with Gasteiger partial charge in [-0.1, -0.05) is 44.5 Å². The molecule has 18 atom stereocenters. The Labute approximate surface area is 468 Å². The zero-order valence-corrected chi connectivity index (χ0v) is 49.1. The van der Waals surface area contributed by atoms with Crippen molar-refractivity contribution in [3.05, 3.63) is 39.1 Å². The normalized spacial score (nSPS) is 37.6. The topological polar surface area (TPSA) is 285 Å². The number of aliphatic hydroxyl groups excluding tert-OH is 2. The molecule has 446 valence electrons. The van der Waals surface area contributed by atoms with Gasteiger partial charge in [-0.15, -0.1) is 0 Å². The lowest BCUT2D eigenvalue weighted by Crippen LogP contribution is -2.61. The van der Waals surface area contributed by atoms with Gasteiger partial charge < -0.3 is 83.0 Å². The molecule has 0 spiro atoms. The maximum Gasteiger partial charge on any atom is 0.341 e. The lowest BCUT2D eigenvalue weighted by atomic mass is 9.73. The second-order valence-electron chi connectivity index (χ2n) is 23.2. The first kappa shape index (κ1) is 64.1. The van der Waals surface area contributed by atoms with E-state index in [0.717, 1.165) is 12.8 Å². The number of carbonyl (C=O) groups is 3. The van der Waals surface area contributed by atoms with Gasteiger partial charge in [-0.2, -0.15) is 0 Å². The molecule has 2 aromatic rings. The minimum Gasteiger partial charge on any atom is -0.477 e. The Hall–Kier alpha value is -4.04. The number of carboxylic acid groups (broad SMARTS) is 1. The van der Waals surface area contributed by atoms with Gasteiger partial charge in [0.25, 0.3) is 0 Å². The van der Waals surface area contributed by atoms with Crippen LogP contribution in [0.25, 0.3) is 10.9 Å². The van der Waals surface area contributed by atoms with Gasteiger partial charge in [0.05, 0.1) is 83.6 Å². The monoisotopic (exact) mass is 1140 g/mol. The van der Waals surface area contributed by atoms with Crippen LogP contribution in [-0.2, 0) is 52.3 Å². The minimum atomic E-state index is -1.99. The van der Waals surface area contributed by atoms with Gasteiger partial charge >= 0.3 is 17.9 Å². The van der Waals surface area contributed by atoms with Crippen LogP contribution in [0.4, 0.5) is 5.69 Å². The first-order valence-electron chi connectivity index (χ1n) is 27.6. The van der Waals surface area contributed by atoms with Gasteiger partial charge in [0, 0.05) is 61.5 Å². The van der Waals surface area contributed by atoms with Crippen molar-refractivity contribution < 1.29 is 82.6 Å². The Morgan fingerprint density at radius 3 is 2.24 bits per heavy atom. The molecule has 1 saturated carbocycles. The second kappa shape index (κ2) is 26.5. The number of rotatable bonds is 18. The summed E-state index contributed by atoms with van der Waals surface area (Å²) in [6.45, 7) is 17.2. The minimum absolute atomic E-state index is 0.0127. The molecular formula is C56H87ClN4O18. The molecule has 6 rings (SSSR count). The van der Waals surface area contributed by atoms with Crippen molar-refractivity contribution in [1.82, 2.24) is 9.47 Å². The molecule has 0 bridgehead atoms. The summed E-state index contributed by atoms with van der Waals surface area (Å²) in [7, 11) is 6.52. The summed E-state index contributed by atoms with van der Waals surface area (Å²) in [6.07, 6.45) is -7.23. The van der Waals surface area contributed by atoms with Crippen molar-refractivity contribution in [1.29, 1.82) is 0 Å². The predicted octanol–water partition coefficient (Wildman–Crippen LogP) is 5.29. The number of oxime groups is 1. The Balaban J connectivity index is 1.19. The van der Waals surface area contributed by atoms with Crippen LogP contribution in [0.2, 0.25) is 5.02 Å². The van der Waals surface area contributed by atoms with Crippen LogP contribution in [-0.4, -0.2) is 191 Å². The molecule has 0 radical (unpaired) electrons. The van der Waals surface area contributed by atoms with Crippen LogP contribution in [0.5, 0.6) is 0 Å². The zero-order valence-electron chi connectivity index (χ0n) is 48.3. The molecule has 0 unspecified atom stereocenters. The van der Waals surface area contributed by atoms with E-state index >= 15 is 0 Å². The molecule has 23 heteroatoms. The number of aromatic carboxylic acids is 1. The van der Waals surface area contributed by atoms with Crippen LogP contribution >= 0.6 is 11.6 Å². The Bertz CT molecular complexity index is 2520. The average Bonchev–Trinajstić information content (AvgIpc) is 4.26. The number of likely N-dealkylation sites (N-methyl/N-ethyl adjacent to an activating group) is 1. The molecule has 1 aromatic heterocycles. The van der Waals surface area contributed by atoms with E-state index in [9.17, 15) is 44.7 Å². The second-order valence-corrected chi connectivity index (χ2v) is 23.6. The quantitative estimate of drug-likeness (QED) is 0.0628.